The average Bonchev–Trinajstić information content (AvgIpc) is 3.60. The van der Waals surface area contributed by atoms with Gasteiger partial charge in [-0.3, -0.25) is 14.4 Å². The van der Waals surface area contributed by atoms with Gasteiger partial charge in [-0.25, -0.2) is 4.79 Å². The molecule has 0 radical (unpaired) electrons. The third-order valence-electron chi connectivity index (χ3n) is 6.85. The lowest BCUT2D eigenvalue weighted by Crippen LogP contribution is -2.57. The number of aromatic amines is 1. The molecule has 11 nitrogen and oxygen atoms in total. The maximum atomic E-state index is 13.4. The van der Waals surface area contributed by atoms with E-state index >= 15 is 0 Å². The zero-order valence-electron chi connectivity index (χ0n) is 21.6. The van der Waals surface area contributed by atoms with Gasteiger partial charge in [0.1, 0.15) is 23.9 Å². The molecule has 2 aromatic carbocycles. The Balaban J connectivity index is 1.50. The van der Waals surface area contributed by atoms with E-state index in [1.54, 1.807) is 18.3 Å². The number of aromatic hydroxyl groups is 1. The van der Waals surface area contributed by atoms with Crippen LogP contribution in [0.3, 0.4) is 0 Å². The first kappa shape index (κ1) is 27.6. The molecule has 1 aliphatic heterocycles. The number of phenolic OH excluding ortho intramolecular Hbond substituents is 1. The van der Waals surface area contributed by atoms with Crippen molar-refractivity contribution in [3.63, 3.8) is 0 Å². The van der Waals surface area contributed by atoms with E-state index in [-0.39, 0.29) is 30.5 Å². The third-order valence-corrected chi connectivity index (χ3v) is 6.85. The largest absolute Gasteiger partial charge is 0.508 e. The van der Waals surface area contributed by atoms with Crippen LogP contribution in [0.2, 0.25) is 0 Å². The second-order valence-electron chi connectivity index (χ2n) is 9.77. The Morgan fingerprint density at radius 2 is 1.67 bits per heavy atom. The maximum Gasteiger partial charge on any atom is 0.326 e. The molecule has 1 aliphatic rings. The highest BCUT2D eigenvalue weighted by Gasteiger charge is 2.30. The first-order chi connectivity index (χ1) is 18.7. The Bertz CT molecular complexity index is 1330. The van der Waals surface area contributed by atoms with E-state index in [2.05, 4.69) is 26.3 Å². The number of carboxylic acids is 1. The van der Waals surface area contributed by atoms with Crippen molar-refractivity contribution in [2.24, 2.45) is 0 Å². The standard InChI is InChI=1S/C28H33N5O6/c1-16(31-26(36)22-7-4-12-29-22)25(35)32-23(14-18-15-30-21-6-3-2-5-20(18)21)27(37)33-24(28(38)39)13-17-8-10-19(34)11-9-17/h2-3,5-6,8-11,15-16,22-24,29-30,34H,4,7,12-14H2,1H3,(H,31,36)(H,32,35)(H,33,37)(H,38,39). The molecule has 4 unspecified atom stereocenters. The third kappa shape index (κ3) is 7.14. The number of carbonyl (C=O) groups is 4. The lowest BCUT2D eigenvalue weighted by molar-refractivity contribution is -0.142. The number of H-pyrrole nitrogens is 1. The number of para-hydroxylation sites is 1. The number of benzene rings is 2. The van der Waals surface area contributed by atoms with Crippen LogP contribution in [0.4, 0.5) is 0 Å². The Morgan fingerprint density at radius 3 is 2.36 bits per heavy atom. The molecule has 0 spiro atoms. The van der Waals surface area contributed by atoms with Crippen LogP contribution in [0.1, 0.15) is 30.9 Å². The summed E-state index contributed by atoms with van der Waals surface area (Å²) in [6.45, 7) is 2.27. The number of aliphatic carboxylic acids is 1. The fourth-order valence-corrected chi connectivity index (χ4v) is 4.65. The van der Waals surface area contributed by atoms with E-state index in [4.69, 9.17) is 0 Å². The number of phenols is 1. The first-order valence-electron chi connectivity index (χ1n) is 12.9. The van der Waals surface area contributed by atoms with Gasteiger partial charge in [-0.05, 0) is 55.6 Å². The molecular formula is C28H33N5O6. The van der Waals surface area contributed by atoms with E-state index in [9.17, 15) is 29.4 Å². The molecule has 39 heavy (non-hydrogen) atoms. The summed E-state index contributed by atoms with van der Waals surface area (Å²) in [6.07, 6.45) is 3.39. The molecule has 0 saturated carbocycles. The summed E-state index contributed by atoms with van der Waals surface area (Å²) in [6, 6.07) is 9.89. The highest BCUT2D eigenvalue weighted by molar-refractivity contribution is 5.94. The fraction of sp³-hybridized carbons (Fsp3) is 0.357. The number of amides is 3. The van der Waals surface area contributed by atoms with E-state index in [0.29, 0.717) is 12.0 Å². The second-order valence-corrected chi connectivity index (χ2v) is 9.77. The quantitative estimate of drug-likeness (QED) is 0.192. The lowest BCUT2D eigenvalue weighted by atomic mass is 10.0. The summed E-state index contributed by atoms with van der Waals surface area (Å²) in [5, 5.41) is 31.2. The first-order valence-corrected chi connectivity index (χ1v) is 12.9. The highest BCUT2D eigenvalue weighted by atomic mass is 16.4. The SMILES string of the molecule is CC(NC(=O)C1CCCN1)C(=O)NC(Cc1c[nH]c2ccccc12)C(=O)NC(Cc1ccc(O)cc1)C(=O)O. The van der Waals surface area contributed by atoms with Crippen LogP contribution in [0.25, 0.3) is 10.9 Å². The summed E-state index contributed by atoms with van der Waals surface area (Å²) in [4.78, 5) is 54.1. The molecule has 1 saturated heterocycles. The predicted molar refractivity (Wildman–Crippen MR) is 144 cm³/mol. The van der Waals surface area contributed by atoms with Gasteiger partial charge in [-0.1, -0.05) is 30.3 Å². The Labute approximate surface area is 225 Å². The summed E-state index contributed by atoms with van der Waals surface area (Å²) in [5.41, 5.74) is 2.23. The number of fused-ring (bicyclic) bond motifs is 1. The van der Waals surface area contributed by atoms with Crippen molar-refractivity contribution in [1.29, 1.82) is 0 Å². The van der Waals surface area contributed by atoms with Gasteiger partial charge in [0, 0.05) is 29.9 Å². The normalized spacial score (nSPS) is 17.2. The number of hydrogen-bond donors (Lipinski definition) is 7. The molecule has 4 atom stereocenters. The molecule has 7 N–H and O–H groups in total. The van der Waals surface area contributed by atoms with E-state index in [0.717, 1.165) is 29.4 Å². The fourth-order valence-electron chi connectivity index (χ4n) is 4.65. The smallest absolute Gasteiger partial charge is 0.326 e. The zero-order valence-corrected chi connectivity index (χ0v) is 21.6. The highest BCUT2D eigenvalue weighted by Crippen LogP contribution is 2.19. The van der Waals surface area contributed by atoms with E-state index in [1.165, 1.54) is 19.1 Å². The van der Waals surface area contributed by atoms with Gasteiger partial charge in [0.25, 0.3) is 0 Å². The van der Waals surface area contributed by atoms with Gasteiger partial charge in [0.05, 0.1) is 6.04 Å². The molecule has 0 aliphatic carbocycles. The van der Waals surface area contributed by atoms with Crippen LogP contribution < -0.4 is 21.3 Å². The minimum atomic E-state index is -1.27. The van der Waals surface area contributed by atoms with Gasteiger partial charge < -0.3 is 36.5 Å². The second kappa shape index (κ2) is 12.4. The number of nitrogens with one attached hydrogen (secondary N) is 5. The van der Waals surface area contributed by atoms with E-state index in [1.807, 2.05) is 24.3 Å². The monoisotopic (exact) mass is 535 g/mol. The van der Waals surface area contributed by atoms with Crippen LogP contribution in [0.15, 0.2) is 54.7 Å². The molecule has 2 heterocycles. The van der Waals surface area contributed by atoms with Crippen LogP contribution in [0.5, 0.6) is 5.75 Å². The van der Waals surface area contributed by atoms with Crippen molar-refractivity contribution in [3.8, 4) is 5.75 Å². The number of carboxylic acid groups (broad SMARTS) is 1. The topological polar surface area (TPSA) is 173 Å². The summed E-state index contributed by atoms with van der Waals surface area (Å²) < 4.78 is 0. The molecule has 3 amide bonds. The van der Waals surface area contributed by atoms with Gasteiger partial charge in [-0.15, -0.1) is 0 Å². The van der Waals surface area contributed by atoms with Crippen LogP contribution in [0, 0.1) is 0 Å². The summed E-state index contributed by atoms with van der Waals surface area (Å²) >= 11 is 0. The van der Waals surface area contributed by atoms with Gasteiger partial charge in [-0.2, -0.15) is 0 Å². The van der Waals surface area contributed by atoms with Crippen molar-refractivity contribution in [2.75, 3.05) is 6.54 Å². The Morgan fingerprint density at radius 1 is 0.949 bits per heavy atom. The van der Waals surface area contributed by atoms with Crippen LogP contribution in [-0.4, -0.2) is 69.6 Å². The lowest BCUT2D eigenvalue weighted by Gasteiger charge is -2.24. The number of hydrogen-bond acceptors (Lipinski definition) is 6. The number of rotatable bonds is 11. The van der Waals surface area contributed by atoms with Crippen molar-refractivity contribution in [2.45, 2.75) is 56.8 Å². The Hall–Kier alpha value is -4.38. The number of carbonyl (C=O) groups excluding carboxylic acids is 3. The number of aromatic nitrogens is 1. The van der Waals surface area contributed by atoms with Crippen LogP contribution in [-0.2, 0) is 32.0 Å². The van der Waals surface area contributed by atoms with Gasteiger partial charge in [0.15, 0.2) is 0 Å². The van der Waals surface area contributed by atoms with Crippen molar-refractivity contribution in [3.05, 3.63) is 65.9 Å². The minimum Gasteiger partial charge on any atom is -0.508 e. The predicted octanol–water partition coefficient (Wildman–Crippen LogP) is 0.970. The molecular weight excluding hydrogens is 502 g/mol. The van der Waals surface area contributed by atoms with Crippen molar-refractivity contribution in [1.82, 2.24) is 26.3 Å². The maximum absolute atomic E-state index is 13.4. The molecule has 1 fully saturated rings. The molecule has 3 aromatic rings. The average molecular weight is 536 g/mol. The van der Waals surface area contributed by atoms with Crippen molar-refractivity contribution < 1.29 is 29.4 Å². The van der Waals surface area contributed by atoms with Gasteiger partial charge in [0.2, 0.25) is 17.7 Å². The molecule has 0 bridgehead atoms. The Kier molecular flexibility index (Phi) is 8.82. The van der Waals surface area contributed by atoms with Crippen molar-refractivity contribution >= 4 is 34.6 Å². The summed E-state index contributed by atoms with van der Waals surface area (Å²) in [5.74, 6) is -2.71. The van der Waals surface area contributed by atoms with Crippen LogP contribution >= 0.6 is 0 Å². The molecule has 206 valence electrons. The van der Waals surface area contributed by atoms with Gasteiger partial charge >= 0.3 is 5.97 Å². The zero-order chi connectivity index (χ0) is 27.9. The molecule has 1 aromatic heterocycles. The minimum absolute atomic E-state index is 0.0179. The van der Waals surface area contributed by atoms with E-state index < -0.39 is 35.9 Å². The molecule has 4 rings (SSSR count). The molecule has 11 heteroatoms. The summed E-state index contributed by atoms with van der Waals surface area (Å²) in [7, 11) is 0.